The Hall–Kier alpha value is -3.61. The molecule has 0 radical (unpaired) electrons. The van der Waals surface area contributed by atoms with Gasteiger partial charge in [0, 0.05) is 17.5 Å². The number of nitrogens with one attached hydrogen (secondary N) is 2. The summed E-state index contributed by atoms with van der Waals surface area (Å²) in [5, 5.41) is 10.8. The van der Waals surface area contributed by atoms with Gasteiger partial charge in [-0.25, -0.2) is 4.79 Å². The van der Waals surface area contributed by atoms with Crippen LogP contribution in [0.15, 0.2) is 52.9 Å². The van der Waals surface area contributed by atoms with Crippen LogP contribution in [0.5, 0.6) is 0 Å². The largest absolute Gasteiger partial charge is 0.465 e. The van der Waals surface area contributed by atoms with Gasteiger partial charge in [0.2, 0.25) is 0 Å². The van der Waals surface area contributed by atoms with Gasteiger partial charge in [0.05, 0.1) is 18.5 Å². The molecular weight excluding hydrogens is 334 g/mol. The zero-order valence-corrected chi connectivity index (χ0v) is 14.0. The second-order valence-electron chi connectivity index (χ2n) is 5.71. The molecule has 1 heterocycles. The van der Waals surface area contributed by atoms with Gasteiger partial charge < -0.3 is 20.2 Å². The average Bonchev–Trinajstić information content (AvgIpc) is 3.04. The Morgan fingerprint density at radius 1 is 1.19 bits per heavy atom. The maximum absolute atomic E-state index is 12.4. The Bertz CT molecular complexity index is 1010. The van der Waals surface area contributed by atoms with Gasteiger partial charge in [-0.3, -0.25) is 10.2 Å². The first-order chi connectivity index (χ1) is 12.5. The van der Waals surface area contributed by atoms with E-state index < -0.39 is 11.9 Å². The lowest BCUT2D eigenvalue weighted by atomic mass is 10.1. The molecule has 0 unspecified atom stereocenters. The van der Waals surface area contributed by atoms with Gasteiger partial charge in [0.15, 0.2) is 5.76 Å². The third-order valence-corrected chi connectivity index (χ3v) is 3.74. The third kappa shape index (κ3) is 3.72. The van der Waals surface area contributed by atoms with E-state index in [1.165, 1.54) is 13.2 Å². The summed E-state index contributed by atoms with van der Waals surface area (Å²) in [5.74, 6) is -0.709. The summed E-state index contributed by atoms with van der Waals surface area (Å²) >= 11 is 0. The third-order valence-electron chi connectivity index (χ3n) is 3.74. The molecule has 0 saturated carbocycles. The van der Waals surface area contributed by atoms with E-state index in [-0.39, 0.29) is 11.6 Å². The molecule has 0 saturated heterocycles. The molecule has 0 bridgehead atoms. The smallest absolute Gasteiger partial charge is 0.337 e. The van der Waals surface area contributed by atoms with Crippen LogP contribution in [-0.4, -0.2) is 24.8 Å². The van der Waals surface area contributed by atoms with Gasteiger partial charge >= 0.3 is 5.97 Å². The molecule has 3 aromatic rings. The molecular formula is C19H17N3O4. The van der Waals surface area contributed by atoms with Crippen LogP contribution in [0.3, 0.4) is 0 Å². The van der Waals surface area contributed by atoms with Crippen molar-refractivity contribution in [2.24, 2.45) is 5.73 Å². The van der Waals surface area contributed by atoms with Crippen LogP contribution in [0.25, 0.3) is 11.0 Å². The van der Waals surface area contributed by atoms with Gasteiger partial charge in [-0.05, 0) is 42.0 Å². The van der Waals surface area contributed by atoms with Gasteiger partial charge in [0.25, 0.3) is 5.91 Å². The molecule has 0 atom stereocenters. The number of anilines is 1. The van der Waals surface area contributed by atoms with Crippen LogP contribution in [0.2, 0.25) is 0 Å². The number of amides is 1. The lowest BCUT2D eigenvalue weighted by molar-refractivity contribution is 0.0600. The van der Waals surface area contributed by atoms with E-state index in [1.807, 2.05) is 6.07 Å². The first-order valence-electron chi connectivity index (χ1n) is 7.81. The number of amidine groups is 1. The lowest BCUT2D eigenvalue weighted by Crippen LogP contribution is -2.12. The fourth-order valence-corrected chi connectivity index (χ4v) is 2.57. The Kier molecular flexibility index (Phi) is 4.70. The summed E-state index contributed by atoms with van der Waals surface area (Å²) < 4.78 is 10.2. The molecule has 7 heteroatoms. The molecule has 26 heavy (non-hydrogen) atoms. The first kappa shape index (κ1) is 17.2. The number of esters is 1. The van der Waals surface area contributed by atoms with Crippen LogP contribution in [0.4, 0.5) is 5.69 Å². The molecule has 7 nitrogen and oxygen atoms in total. The number of hydrogen-bond acceptors (Lipinski definition) is 5. The quantitative estimate of drug-likeness (QED) is 0.371. The number of methoxy groups -OCH3 is 1. The Morgan fingerprint density at radius 3 is 2.73 bits per heavy atom. The SMILES string of the molecule is COC(=O)c1cccc(NC(=O)c2cc3cc(CC(=N)N)ccc3o2)c1. The number of benzene rings is 2. The number of carbonyl (C=O) groups excluding carboxylic acids is 2. The second kappa shape index (κ2) is 7.10. The Balaban J connectivity index is 1.81. The van der Waals surface area contributed by atoms with E-state index in [1.54, 1.807) is 36.4 Å². The van der Waals surface area contributed by atoms with Gasteiger partial charge in [0.1, 0.15) is 5.58 Å². The van der Waals surface area contributed by atoms with Crippen molar-refractivity contribution in [3.63, 3.8) is 0 Å². The minimum Gasteiger partial charge on any atom is -0.465 e. The highest BCUT2D eigenvalue weighted by molar-refractivity contribution is 6.05. The van der Waals surface area contributed by atoms with E-state index in [4.69, 9.17) is 15.6 Å². The molecule has 2 aromatic carbocycles. The van der Waals surface area contributed by atoms with Crippen LogP contribution in [0, 0.1) is 5.41 Å². The number of carbonyl (C=O) groups is 2. The van der Waals surface area contributed by atoms with Crippen molar-refractivity contribution in [1.82, 2.24) is 0 Å². The van der Waals surface area contributed by atoms with Gasteiger partial charge in [-0.15, -0.1) is 0 Å². The van der Waals surface area contributed by atoms with Gasteiger partial charge in [-0.2, -0.15) is 0 Å². The van der Waals surface area contributed by atoms with Crippen molar-refractivity contribution in [1.29, 1.82) is 5.41 Å². The minimum absolute atomic E-state index is 0.0660. The van der Waals surface area contributed by atoms with Crippen LogP contribution in [-0.2, 0) is 11.2 Å². The number of hydrogen-bond donors (Lipinski definition) is 3. The fraction of sp³-hybridized carbons (Fsp3) is 0.105. The van der Waals surface area contributed by atoms with Crippen LogP contribution >= 0.6 is 0 Å². The summed E-state index contributed by atoms with van der Waals surface area (Å²) in [6.45, 7) is 0. The summed E-state index contributed by atoms with van der Waals surface area (Å²) in [6.07, 6.45) is 0.336. The Labute approximate surface area is 149 Å². The van der Waals surface area contributed by atoms with Crippen LogP contribution < -0.4 is 11.1 Å². The second-order valence-corrected chi connectivity index (χ2v) is 5.71. The van der Waals surface area contributed by atoms with E-state index in [9.17, 15) is 9.59 Å². The maximum Gasteiger partial charge on any atom is 0.337 e. The summed E-state index contributed by atoms with van der Waals surface area (Å²) in [7, 11) is 1.29. The van der Waals surface area contributed by atoms with Crippen molar-refractivity contribution in [3.8, 4) is 0 Å². The lowest BCUT2D eigenvalue weighted by Gasteiger charge is -2.05. The molecule has 0 aliphatic rings. The molecule has 0 spiro atoms. The zero-order valence-electron chi connectivity index (χ0n) is 14.0. The molecule has 0 aliphatic carbocycles. The molecule has 0 aliphatic heterocycles. The maximum atomic E-state index is 12.4. The van der Waals surface area contributed by atoms with E-state index in [0.717, 1.165) is 10.9 Å². The average molecular weight is 351 g/mol. The van der Waals surface area contributed by atoms with E-state index in [2.05, 4.69) is 10.1 Å². The molecule has 4 N–H and O–H groups in total. The zero-order chi connectivity index (χ0) is 18.7. The topological polar surface area (TPSA) is 118 Å². The number of nitrogens with two attached hydrogens (primary N) is 1. The normalized spacial score (nSPS) is 10.5. The minimum atomic E-state index is -0.483. The van der Waals surface area contributed by atoms with Crippen molar-refractivity contribution in [2.75, 3.05) is 12.4 Å². The van der Waals surface area contributed by atoms with Crippen LogP contribution in [0.1, 0.15) is 26.5 Å². The molecule has 1 amide bonds. The summed E-state index contributed by atoms with van der Waals surface area (Å²) in [6, 6.07) is 13.4. The standard InChI is InChI=1S/C19H17N3O4/c1-25-19(24)12-3-2-4-14(9-12)22-18(23)16-10-13-7-11(8-17(20)21)5-6-15(13)26-16/h2-7,9-10H,8H2,1H3,(H3,20,21)(H,22,23). The number of fused-ring (bicyclic) bond motifs is 1. The number of furan rings is 1. The molecule has 0 fully saturated rings. The highest BCUT2D eigenvalue weighted by Crippen LogP contribution is 2.22. The van der Waals surface area contributed by atoms with Gasteiger partial charge in [-0.1, -0.05) is 12.1 Å². The molecule has 1 aromatic heterocycles. The van der Waals surface area contributed by atoms with Crippen molar-refractivity contribution in [3.05, 3.63) is 65.4 Å². The molecule has 132 valence electrons. The predicted octanol–water partition coefficient (Wildman–Crippen LogP) is 2.95. The monoisotopic (exact) mass is 351 g/mol. The number of rotatable bonds is 5. The predicted molar refractivity (Wildman–Crippen MR) is 97.6 cm³/mol. The van der Waals surface area contributed by atoms with Crippen molar-refractivity contribution >= 4 is 34.4 Å². The Morgan fingerprint density at radius 2 is 2.00 bits per heavy atom. The highest BCUT2D eigenvalue weighted by Gasteiger charge is 2.14. The number of ether oxygens (including phenoxy) is 1. The highest BCUT2D eigenvalue weighted by atomic mass is 16.5. The summed E-state index contributed by atoms with van der Waals surface area (Å²) in [4.78, 5) is 24.0. The van der Waals surface area contributed by atoms with Crippen molar-refractivity contribution in [2.45, 2.75) is 6.42 Å². The molecule has 3 rings (SSSR count). The van der Waals surface area contributed by atoms with E-state index in [0.29, 0.717) is 23.3 Å². The fourth-order valence-electron chi connectivity index (χ4n) is 2.57. The van der Waals surface area contributed by atoms with Crippen molar-refractivity contribution < 1.29 is 18.7 Å². The summed E-state index contributed by atoms with van der Waals surface area (Å²) in [5.41, 5.74) is 7.63. The van der Waals surface area contributed by atoms with E-state index >= 15 is 0 Å². The first-order valence-corrected chi connectivity index (χ1v) is 7.81.